The second kappa shape index (κ2) is 16.2. The second-order valence-corrected chi connectivity index (χ2v) is 1.43. The van der Waals surface area contributed by atoms with Crippen LogP contribution in [0.2, 0.25) is 0 Å². The first-order valence-corrected chi connectivity index (χ1v) is 2.12. The van der Waals surface area contributed by atoms with Crippen molar-refractivity contribution in [3.8, 4) is 0 Å². The Morgan fingerprint density at radius 1 is 1.40 bits per heavy atom. The van der Waals surface area contributed by atoms with Crippen molar-refractivity contribution in [2.24, 2.45) is 17.2 Å². The van der Waals surface area contributed by atoms with Gasteiger partial charge in [-0.1, -0.05) is 7.43 Å². The fourth-order valence-electron chi connectivity index (χ4n) is 0. The molecule has 0 aromatic rings. The molecule has 0 aromatic heterocycles. The molecule has 0 aromatic carbocycles. The number of rotatable bonds is 0. The molecule has 0 spiro atoms. The van der Waals surface area contributed by atoms with E-state index in [2.05, 4.69) is 0 Å². The SMILES string of the molecule is C.CC(=N)N.C[C-](N)N.[Y]. The molecule has 61 valence electrons. The van der Waals surface area contributed by atoms with Gasteiger partial charge in [0.1, 0.15) is 0 Å². The molecular formula is C5H17N4Y-. The molecule has 10 heavy (non-hydrogen) atoms. The molecule has 0 aliphatic carbocycles. The number of nitrogens with two attached hydrogens (primary N) is 3. The molecule has 0 aliphatic rings. The summed E-state index contributed by atoms with van der Waals surface area (Å²) >= 11 is 0. The summed E-state index contributed by atoms with van der Waals surface area (Å²) in [4.78, 5) is 0. The van der Waals surface area contributed by atoms with Crippen molar-refractivity contribution in [2.45, 2.75) is 21.3 Å². The van der Waals surface area contributed by atoms with Gasteiger partial charge in [-0.25, -0.2) is 6.17 Å². The van der Waals surface area contributed by atoms with Gasteiger partial charge in [0.15, 0.2) is 0 Å². The molecule has 0 aliphatic heterocycles. The zero-order valence-corrected chi connectivity index (χ0v) is 8.65. The van der Waals surface area contributed by atoms with Crippen molar-refractivity contribution in [2.75, 3.05) is 0 Å². The van der Waals surface area contributed by atoms with Gasteiger partial charge in [0, 0.05) is 32.7 Å². The van der Waals surface area contributed by atoms with E-state index < -0.39 is 0 Å². The third kappa shape index (κ3) is 1960. The monoisotopic (exact) mass is 222 g/mol. The van der Waals surface area contributed by atoms with Crippen molar-refractivity contribution in [1.29, 1.82) is 5.41 Å². The topological polar surface area (TPSA) is 102 Å². The molecule has 0 bridgehead atoms. The summed E-state index contributed by atoms with van der Waals surface area (Å²) in [5, 5.41) is 6.28. The van der Waals surface area contributed by atoms with E-state index in [1.807, 2.05) is 0 Å². The van der Waals surface area contributed by atoms with Crippen LogP contribution in [-0.2, 0) is 32.7 Å². The van der Waals surface area contributed by atoms with E-state index in [9.17, 15) is 0 Å². The maximum Gasteiger partial charge on any atom is 0.0873 e. The molecule has 0 atom stereocenters. The van der Waals surface area contributed by atoms with E-state index in [0.29, 0.717) is 6.17 Å². The van der Waals surface area contributed by atoms with Crippen molar-refractivity contribution in [3.05, 3.63) is 6.17 Å². The number of nitrogens with one attached hydrogen (secondary N) is 1. The van der Waals surface area contributed by atoms with Crippen LogP contribution in [0.25, 0.3) is 0 Å². The predicted molar refractivity (Wildman–Crippen MR) is 41.6 cm³/mol. The summed E-state index contributed by atoms with van der Waals surface area (Å²) in [6.45, 7) is 3.17. The molecule has 0 amide bonds. The average molecular weight is 222 g/mol. The van der Waals surface area contributed by atoms with Gasteiger partial charge in [0.2, 0.25) is 0 Å². The summed E-state index contributed by atoms with van der Waals surface area (Å²) in [6, 6.07) is 0. The Morgan fingerprint density at radius 3 is 1.40 bits per heavy atom. The Labute approximate surface area is 88.3 Å². The third-order valence-electron chi connectivity index (χ3n) is 0. The molecule has 1 radical (unpaired) electrons. The minimum atomic E-state index is 0. The van der Waals surface area contributed by atoms with Crippen LogP contribution >= 0.6 is 0 Å². The van der Waals surface area contributed by atoms with Gasteiger partial charge in [-0.2, -0.15) is 6.92 Å². The van der Waals surface area contributed by atoms with Gasteiger partial charge >= 0.3 is 0 Å². The van der Waals surface area contributed by atoms with Gasteiger partial charge in [0.25, 0.3) is 0 Å². The minimum Gasteiger partial charge on any atom is -0.467 e. The molecule has 0 saturated heterocycles. The number of hydrogen-bond acceptors (Lipinski definition) is 3. The van der Waals surface area contributed by atoms with E-state index in [1.54, 1.807) is 6.92 Å². The van der Waals surface area contributed by atoms with Crippen LogP contribution in [0.5, 0.6) is 0 Å². The van der Waals surface area contributed by atoms with Gasteiger partial charge in [-0.3, -0.25) is 5.41 Å². The normalized spacial score (nSPS) is 6.10. The second-order valence-electron chi connectivity index (χ2n) is 1.43. The van der Waals surface area contributed by atoms with Crippen LogP contribution in [-0.4, -0.2) is 5.84 Å². The predicted octanol–water partition coefficient (Wildman–Crippen LogP) is -0.0109. The van der Waals surface area contributed by atoms with Crippen molar-refractivity contribution < 1.29 is 32.7 Å². The summed E-state index contributed by atoms with van der Waals surface area (Å²) in [7, 11) is 0. The van der Waals surface area contributed by atoms with Crippen LogP contribution in [0.4, 0.5) is 0 Å². The van der Waals surface area contributed by atoms with Gasteiger partial charge in [-0.15, -0.1) is 0 Å². The van der Waals surface area contributed by atoms with Crippen LogP contribution in [0, 0.1) is 11.6 Å². The zero-order chi connectivity index (χ0) is 7.15. The molecule has 0 saturated carbocycles. The Balaban J connectivity index is -0.0000000300. The summed E-state index contributed by atoms with van der Waals surface area (Å²) in [5.74, 6) is 0.167. The molecule has 7 N–H and O–H groups in total. The van der Waals surface area contributed by atoms with Crippen LogP contribution in [0.1, 0.15) is 21.3 Å². The maximum atomic E-state index is 6.28. The summed E-state index contributed by atoms with van der Waals surface area (Å²) in [5.41, 5.74) is 14.3. The van der Waals surface area contributed by atoms with Crippen LogP contribution in [0.15, 0.2) is 0 Å². The Bertz CT molecular complexity index is 57.9. The fourth-order valence-corrected chi connectivity index (χ4v) is 0. The Morgan fingerprint density at radius 2 is 1.40 bits per heavy atom. The first kappa shape index (κ1) is 22.4. The molecule has 0 rings (SSSR count). The first-order chi connectivity index (χ1) is 3.46. The van der Waals surface area contributed by atoms with Gasteiger partial charge in [0.05, 0.1) is 5.84 Å². The smallest absolute Gasteiger partial charge is 0.0873 e. The Kier molecular flexibility index (Phi) is 36.4. The molecule has 5 heteroatoms. The Hall–Kier alpha value is 0.494. The van der Waals surface area contributed by atoms with Gasteiger partial charge < -0.3 is 17.2 Å². The van der Waals surface area contributed by atoms with E-state index in [1.165, 1.54) is 6.92 Å². The van der Waals surface area contributed by atoms with Gasteiger partial charge in [-0.05, 0) is 6.92 Å². The molecular weight excluding hydrogens is 205 g/mol. The zero-order valence-electron chi connectivity index (χ0n) is 5.81. The standard InChI is InChI=1S/C2H7N2.C2H6N2.CH4.Y/c2*1-2(3)4;;/h3-4H2,1H3;1H3,(H3,3,4);1H4;/q-1;;;. The minimum absolute atomic E-state index is 0. The average Bonchev–Trinajstić information content (AvgIpc) is 1.25. The van der Waals surface area contributed by atoms with E-state index >= 15 is 0 Å². The van der Waals surface area contributed by atoms with Crippen molar-refractivity contribution in [1.82, 2.24) is 0 Å². The number of hydrogen-bond donors (Lipinski definition) is 4. The summed E-state index contributed by atoms with van der Waals surface area (Å²) < 4.78 is 0. The van der Waals surface area contributed by atoms with E-state index in [4.69, 9.17) is 22.6 Å². The fraction of sp³-hybridized carbons (Fsp3) is 0.600. The third-order valence-corrected chi connectivity index (χ3v) is 0. The maximum absolute atomic E-state index is 6.28. The molecule has 0 fully saturated rings. The number of amidine groups is 1. The summed E-state index contributed by atoms with van der Waals surface area (Å²) in [6.07, 6.45) is 0.417. The van der Waals surface area contributed by atoms with Crippen LogP contribution in [0.3, 0.4) is 0 Å². The molecule has 0 heterocycles. The largest absolute Gasteiger partial charge is 0.467 e. The van der Waals surface area contributed by atoms with Crippen molar-refractivity contribution >= 4 is 5.84 Å². The van der Waals surface area contributed by atoms with Crippen molar-refractivity contribution in [3.63, 3.8) is 0 Å². The van der Waals surface area contributed by atoms with Crippen LogP contribution < -0.4 is 17.2 Å². The van der Waals surface area contributed by atoms with E-state index in [-0.39, 0.29) is 46.0 Å². The van der Waals surface area contributed by atoms with E-state index in [0.717, 1.165) is 0 Å². The quantitative estimate of drug-likeness (QED) is 0.263. The molecule has 4 nitrogen and oxygen atoms in total. The molecule has 0 unspecified atom stereocenters. The first-order valence-electron chi connectivity index (χ1n) is 2.12.